The third-order valence-corrected chi connectivity index (χ3v) is 5.32. The fraction of sp³-hybridized carbons (Fsp3) is 0.435. The van der Waals surface area contributed by atoms with E-state index in [1.165, 1.54) is 0 Å². The molecule has 1 aliphatic heterocycles. The van der Waals surface area contributed by atoms with E-state index in [0.29, 0.717) is 13.2 Å². The number of amides is 1. The number of methoxy groups -OCH3 is 1. The molecule has 0 spiro atoms. The van der Waals surface area contributed by atoms with Crippen LogP contribution in [0.1, 0.15) is 43.5 Å². The van der Waals surface area contributed by atoms with E-state index in [9.17, 15) is 13.6 Å². The number of halogens is 2. The Bertz CT molecular complexity index is 908. The van der Waals surface area contributed by atoms with Crippen LogP contribution in [-0.2, 0) is 21.4 Å². The maximum absolute atomic E-state index is 14.8. The smallest absolute Gasteiger partial charge is 0.246 e. The van der Waals surface area contributed by atoms with Gasteiger partial charge in [-0.1, -0.05) is 19.9 Å². The van der Waals surface area contributed by atoms with Crippen LogP contribution < -0.4 is 15.4 Å². The number of benzene rings is 2. The summed E-state index contributed by atoms with van der Waals surface area (Å²) in [6, 6.07) is 7.24. The standard InChI is InChI=1S/C23H28F2N2O3/c1-5-30-13-23(2,3)20-18(24)11-15(12-19(20)25)27-22(28)21-17-7-6-16(29-4)10-14(17)8-9-26-21/h6-7,10-12,21,26H,5,8-9,13H2,1-4H3,(H,27,28)/t21-/m1/s1. The molecule has 2 N–H and O–H groups in total. The van der Waals surface area contributed by atoms with Crippen LogP contribution in [0.15, 0.2) is 30.3 Å². The van der Waals surface area contributed by atoms with E-state index in [1.807, 2.05) is 19.1 Å². The zero-order valence-corrected chi connectivity index (χ0v) is 17.8. The van der Waals surface area contributed by atoms with Crippen molar-refractivity contribution >= 4 is 11.6 Å². The molecule has 2 aromatic rings. The van der Waals surface area contributed by atoms with Gasteiger partial charge in [0, 0.05) is 29.8 Å². The number of hydrogen-bond donors (Lipinski definition) is 2. The van der Waals surface area contributed by atoms with E-state index in [4.69, 9.17) is 9.47 Å². The highest BCUT2D eigenvalue weighted by atomic mass is 19.1. The second-order valence-electron chi connectivity index (χ2n) is 8.03. The number of carbonyl (C=O) groups is 1. The van der Waals surface area contributed by atoms with Crippen LogP contribution >= 0.6 is 0 Å². The van der Waals surface area contributed by atoms with E-state index in [-0.39, 0.29) is 23.8 Å². The topological polar surface area (TPSA) is 59.6 Å². The Morgan fingerprint density at radius 2 is 1.93 bits per heavy atom. The second kappa shape index (κ2) is 9.10. The summed E-state index contributed by atoms with van der Waals surface area (Å²) >= 11 is 0. The maximum atomic E-state index is 14.8. The first kappa shape index (κ1) is 22.2. The van der Waals surface area contributed by atoms with Crippen molar-refractivity contribution in [3.8, 4) is 5.75 Å². The van der Waals surface area contributed by atoms with Gasteiger partial charge in [0.05, 0.1) is 13.7 Å². The monoisotopic (exact) mass is 418 g/mol. The first-order valence-corrected chi connectivity index (χ1v) is 10.0. The Hall–Kier alpha value is -2.51. The van der Waals surface area contributed by atoms with Crippen molar-refractivity contribution in [2.45, 2.75) is 38.6 Å². The van der Waals surface area contributed by atoms with Gasteiger partial charge in [0.1, 0.15) is 23.4 Å². The van der Waals surface area contributed by atoms with Gasteiger partial charge in [0.25, 0.3) is 0 Å². The minimum atomic E-state index is -0.838. The van der Waals surface area contributed by atoms with Gasteiger partial charge in [0.15, 0.2) is 0 Å². The summed E-state index contributed by atoms with van der Waals surface area (Å²) in [4.78, 5) is 12.9. The SMILES string of the molecule is CCOCC(C)(C)c1c(F)cc(NC(=O)[C@@H]2NCCc3cc(OC)ccc32)cc1F. The van der Waals surface area contributed by atoms with Gasteiger partial charge in [-0.05, 0) is 48.7 Å². The minimum absolute atomic E-state index is 0.0535. The van der Waals surface area contributed by atoms with Gasteiger partial charge >= 0.3 is 0 Å². The Morgan fingerprint density at radius 1 is 1.23 bits per heavy atom. The number of rotatable bonds is 7. The van der Waals surface area contributed by atoms with Crippen LogP contribution in [0.4, 0.5) is 14.5 Å². The molecular formula is C23H28F2N2O3. The average Bonchev–Trinajstić information content (AvgIpc) is 2.70. The van der Waals surface area contributed by atoms with E-state index in [1.54, 1.807) is 27.0 Å². The van der Waals surface area contributed by atoms with Crippen molar-refractivity contribution in [2.75, 3.05) is 32.2 Å². The fourth-order valence-electron chi connectivity index (χ4n) is 3.84. The van der Waals surface area contributed by atoms with Crippen molar-refractivity contribution in [2.24, 2.45) is 0 Å². The van der Waals surface area contributed by atoms with Gasteiger partial charge in [-0.3, -0.25) is 4.79 Å². The molecule has 0 fully saturated rings. The molecule has 1 heterocycles. The molecule has 0 saturated heterocycles. The van der Waals surface area contributed by atoms with Crippen LogP contribution in [0, 0.1) is 11.6 Å². The van der Waals surface area contributed by atoms with Gasteiger partial charge in [0.2, 0.25) is 5.91 Å². The molecule has 5 nitrogen and oxygen atoms in total. The lowest BCUT2D eigenvalue weighted by molar-refractivity contribution is -0.118. The van der Waals surface area contributed by atoms with E-state index in [2.05, 4.69) is 10.6 Å². The summed E-state index contributed by atoms with van der Waals surface area (Å²) in [5, 5.41) is 5.80. The third-order valence-electron chi connectivity index (χ3n) is 5.32. The molecule has 3 rings (SSSR count). The normalized spacial score (nSPS) is 16.1. The van der Waals surface area contributed by atoms with Gasteiger partial charge in [-0.15, -0.1) is 0 Å². The molecule has 0 unspecified atom stereocenters. The molecule has 162 valence electrons. The van der Waals surface area contributed by atoms with Crippen molar-refractivity contribution in [3.63, 3.8) is 0 Å². The van der Waals surface area contributed by atoms with Crippen molar-refractivity contribution in [1.82, 2.24) is 5.32 Å². The largest absolute Gasteiger partial charge is 0.497 e. The highest BCUT2D eigenvalue weighted by Gasteiger charge is 2.30. The molecule has 0 aliphatic carbocycles. The van der Waals surface area contributed by atoms with Crippen LogP contribution in [0.25, 0.3) is 0 Å². The number of nitrogens with one attached hydrogen (secondary N) is 2. The maximum Gasteiger partial charge on any atom is 0.246 e. The van der Waals surface area contributed by atoms with Gasteiger partial charge in [-0.2, -0.15) is 0 Å². The zero-order chi connectivity index (χ0) is 21.9. The van der Waals surface area contributed by atoms with Crippen molar-refractivity contribution in [1.29, 1.82) is 0 Å². The molecule has 0 bridgehead atoms. The predicted octanol–water partition coefficient (Wildman–Crippen LogP) is 4.11. The quantitative estimate of drug-likeness (QED) is 0.710. The summed E-state index contributed by atoms with van der Waals surface area (Å²) in [6.45, 7) is 6.54. The molecule has 1 atom stereocenters. The number of fused-ring (bicyclic) bond motifs is 1. The lowest BCUT2D eigenvalue weighted by Gasteiger charge is -2.27. The summed E-state index contributed by atoms with van der Waals surface area (Å²) in [5.41, 5.74) is 1.03. The Morgan fingerprint density at radius 3 is 2.57 bits per heavy atom. The van der Waals surface area contributed by atoms with Crippen molar-refractivity contribution < 1.29 is 23.0 Å². The number of carbonyl (C=O) groups excluding carboxylic acids is 1. The van der Waals surface area contributed by atoms with Crippen LogP contribution in [0.5, 0.6) is 5.75 Å². The van der Waals surface area contributed by atoms with E-state index < -0.39 is 23.1 Å². The van der Waals surface area contributed by atoms with Gasteiger partial charge in [-0.25, -0.2) is 8.78 Å². The lowest BCUT2D eigenvalue weighted by atomic mass is 9.84. The lowest BCUT2D eigenvalue weighted by Crippen LogP contribution is -2.38. The average molecular weight is 418 g/mol. The number of anilines is 1. The molecule has 30 heavy (non-hydrogen) atoms. The third kappa shape index (κ3) is 4.63. The van der Waals surface area contributed by atoms with Crippen LogP contribution in [0.3, 0.4) is 0 Å². The van der Waals surface area contributed by atoms with Crippen LogP contribution in [-0.4, -0.2) is 32.8 Å². The molecule has 1 amide bonds. The molecular weight excluding hydrogens is 390 g/mol. The molecule has 0 aromatic heterocycles. The fourth-order valence-corrected chi connectivity index (χ4v) is 3.84. The Kier molecular flexibility index (Phi) is 6.73. The Labute approximate surface area is 175 Å². The molecule has 0 saturated carbocycles. The molecule has 1 aliphatic rings. The molecule has 2 aromatic carbocycles. The Balaban J connectivity index is 1.82. The van der Waals surface area contributed by atoms with Crippen LogP contribution in [0.2, 0.25) is 0 Å². The number of ether oxygens (including phenoxy) is 2. The summed E-state index contributed by atoms with van der Waals surface area (Å²) < 4.78 is 40.2. The summed E-state index contributed by atoms with van der Waals surface area (Å²) in [7, 11) is 1.59. The van der Waals surface area contributed by atoms with E-state index in [0.717, 1.165) is 35.4 Å². The molecule has 7 heteroatoms. The highest BCUT2D eigenvalue weighted by Crippen LogP contribution is 2.32. The van der Waals surface area contributed by atoms with Gasteiger partial charge < -0.3 is 20.1 Å². The summed E-state index contributed by atoms with van der Waals surface area (Å²) in [5.74, 6) is -1.07. The minimum Gasteiger partial charge on any atom is -0.497 e. The zero-order valence-electron chi connectivity index (χ0n) is 17.8. The van der Waals surface area contributed by atoms with Crippen molar-refractivity contribution in [3.05, 3.63) is 58.7 Å². The number of hydrogen-bond acceptors (Lipinski definition) is 4. The summed E-state index contributed by atoms with van der Waals surface area (Å²) in [6.07, 6.45) is 0.767. The first-order valence-electron chi connectivity index (χ1n) is 10.0. The predicted molar refractivity (Wildman–Crippen MR) is 112 cm³/mol. The first-order chi connectivity index (χ1) is 14.3. The highest BCUT2D eigenvalue weighted by molar-refractivity contribution is 5.96. The van der Waals surface area contributed by atoms with E-state index >= 15 is 0 Å². The second-order valence-corrected chi connectivity index (χ2v) is 8.03. The molecule has 0 radical (unpaired) electrons.